The van der Waals surface area contributed by atoms with E-state index in [9.17, 15) is 14.3 Å². The number of carboxylic acids is 1. The Kier molecular flexibility index (Phi) is 6.66. The average molecular weight is 485 g/mol. The van der Waals surface area contributed by atoms with Crippen LogP contribution in [0.25, 0.3) is 21.5 Å². The molecule has 0 saturated heterocycles. The van der Waals surface area contributed by atoms with E-state index >= 15 is 0 Å². The summed E-state index contributed by atoms with van der Waals surface area (Å²) in [6.45, 7) is 3.89. The lowest BCUT2D eigenvalue weighted by Gasteiger charge is -2.16. The summed E-state index contributed by atoms with van der Waals surface area (Å²) in [7, 11) is 0. The Bertz CT molecular complexity index is 1300. The second-order valence-electron chi connectivity index (χ2n) is 7.90. The quantitative estimate of drug-likeness (QED) is 0.278. The number of fused-ring (bicyclic) bond motifs is 1. The average Bonchev–Trinajstić information content (AvgIpc) is 3.40. The summed E-state index contributed by atoms with van der Waals surface area (Å²) in [5.74, 6) is -0.754. The summed E-state index contributed by atoms with van der Waals surface area (Å²) in [6, 6.07) is 12.9. The molecule has 0 aliphatic rings. The Morgan fingerprint density at radius 1 is 1.21 bits per heavy atom. The first-order chi connectivity index (χ1) is 15.8. The molecule has 10 heteroatoms. The van der Waals surface area contributed by atoms with Gasteiger partial charge in [-0.3, -0.25) is 0 Å². The normalized spacial score (nSPS) is 12.1. The van der Waals surface area contributed by atoms with Crippen LogP contribution in [0.15, 0.2) is 53.1 Å². The molecule has 0 saturated carbocycles. The first-order valence-electron chi connectivity index (χ1n) is 10.2. The molecule has 0 radical (unpaired) electrons. The molecule has 7 nitrogen and oxygen atoms in total. The molecular weight excluding hydrogens is 463 g/mol. The highest BCUT2D eigenvalue weighted by Crippen LogP contribution is 2.29. The molecule has 3 N–H and O–H groups in total. The number of aliphatic carboxylic acids is 1. The van der Waals surface area contributed by atoms with Gasteiger partial charge < -0.3 is 20.3 Å². The fraction of sp³-hybridized carbons (Fsp3) is 0.217. The summed E-state index contributed by atoms with van der Waals surface area (Å²) in [5.41, 5.74) is 2.93. The number of hydrogen-bond donors (Lipinski definition) is 3. The van der Waals surface area contributed by atoms with Crippen molar-refractivity contribution in [2.45, 2.75) is 26.3 Å². The maximum Gasteiger partial charge on any atom is 0.326 e. The summed E-state index contributed by atoms with van der Waals surface area (Å²) in [5, 5.41) is 20.2. The Labute approximate surface area is 198 Å². The Morgan fingerprint density at radius 2 is 1.97 bits per heavy atom. The number of anilines is 2. The Balaban J connectivity index is 1.43. The highest BCUT2D eigenvalue weighted by Gasteiger charge is 2.22. The lowest BCUT2D eigenvalue weighted by atomic mass is 10.0. The molecular formula is C23H21FN4O3S2. The van der Waals surface area contributed by atoms with Gasteiger partial charge in [-0.1, -0.05) is 54.7 Å². The topological polar surface area (TPSA) is 100 Å². The van der Waals surface area contributed by atoms with Crippen molar-refractivity contribution in [1.29, 1.82) is 0 Å². The third-order valence-electron chi connectivity index (χ3n) is 4.83. The van der Waals surface area contributed by atoms with Gasteiger partial charge in [-0.05, 0) is 42.7 Å². The molecule has 0 aliphatic heterocycles. The number of aromatic nitrogens is 2. The smallest absolute Gasteiger partial charge is 0.326 e. The predicted molar refractivity (Wildman–Crippen MR) is 131 cm³/mol. The maximum atomic E-state index is 13.4. The van der Waals surface area contributed by atoms with Crippen molar-refractivity contribution in [3.8, 4) is 11.3 Å². The molecule has 1 atom stereocenters. The molecule has 0 aliphatic carbocycles. The molecule has 4 aromatic rings. The van der Waals surface area contributed by atoms with Crippen molar-refractivity contribution in [2.75, 3.05) is 5.32 Å². The van der Waals surface area contributed by atoms with Gasteiger partial charge in [0.15, 0.2) is 10.9 Å². The summed E-state index contributed by atoms with van der Waals surface area (Å²) >= 11 is 6.68. The lowest BCUT2D eigenvalue weighted by Crippen LogP contribution is -2.41. The van der Waals surface area contributed by atoms with Gasteiger partial charge in [0.25, 0.3) is 0 Å². The molecule has 2 heterocycles. The van der Waals surface area contributed by atoms with Gasteiger partial charge >= 0.3 is 5.97 Å². The monoisotopic (exact) mass is 484 g/mol. The van der Waals surface area contributed by atoms with E-state index in [1.807, 2.05) is 38.1 Å². The Morgan fingerprint density at radius 3 is 2.67 bits per heavy atom. The van der Waals surface area contributed by atoms with Crippen LogP contribution in [0.2, 0.25) is 0 Å². The van der Waals surface area contributed by atoms with E-state index in [0.717, 1.165) is 21.5 Å². The number of carboxylic acid groups (broad SMARTS) is 1. The maximum absolute atomic E-state index is 13.4. The third-order valence-corrected chi connectivity index (χ3v) is 6.08. The van der Waals surface area contributed by atoms with Gasteiger partial charge in [-0.15, -0.1) is 0 Å². The van der Waals surface area contributed by atoms with Gasteiger partial charge in [0.05, 0.1) is 10.2 Å². The van der Waals surface area contributed by atoms with E-state index in [-0.39, 0.29) is 16.7 Å². The summed E-state index contributed by atoms with van der Waals surface area (Å²) < 4.78 is 19.5. The van der Waals surface area contributed by atoms with Crippen LogP contribution >= 0.6 is 23.6 Å². The minimum absolute atomic E-state index is 0.197. The van der Waals surface area contributed by atoms with Gasteiger partial charge in [-0.25, -0.2) is 14.2 Å². The highest BCUT2D eigenvalue weighted by molar-refractivity contribution is 7.80. The minimum Gasteiger partial charge on any atom is -0.480 e. The lowest BCUT2D eigenvalue weighted by molar-refractivity contribution is -0.139. The van der Waals surface area contributed by atoms with Gasteiger partial charge in [0, 0.05) is 17.3 Å². The van der Waals surface area contributed by atoms with Crippen LogP contribution in [0, 0.1) is 11.7 Å². The van der Waals surface area contributed by atoms with Crippen molar-refractivity contribution >= 4 is 55.5 Å². The SMILES string of the molecule is CC(C)C[C@H](NC(=S)c1cc(-c2ccc(Nc3nc4ccc(F)cc4s3)cc2)no1)C(=O)O. The number of benzene rings is 2. The van der Waals surface area contributed by atoms with Crippen LogP contribution < -0.4 is 10.6 Å². The van der Waals surface area contributed by atoms with E-state index < -0.39 is 12.0 Å². The van der Waals surface area contributed by atoms with Crippen LogP contribution in [-0.4, -0.2) is 32.2 Å². The van der Waals surface area contributed by atoms with E-state index in [0.29, 0.717) is 23.0 Å². The van der Waals surface area contributed by atoms with E-state index in [2.05, 4.69) is 20.8 Å². The number of thiocarbonyl (C=S) groups is 1. The van der Waals surface area contributed by atoms with Gasteiger partial charge in [0.2, 0.25) is 0 Å². The molecule has 170 valence electrons. The number of hydrogen-bond acceptors (Lipinski definition) is 7. The van der Waals surface area contributed by atoms with Crippen molar-refractivity contribution in [2.24, 2.45) is 5.92 Å². The largest absolute Gasteiger partial charge is 0.480 e. The molecule has 33 heavy (non-hydrogen) atoms. The number of nitrogens with zero attached hydrogens (tertiary/aromatic N) is 2. The van der Waals surface area contributed by atoms with Crippen LogP contribution in [0.3, 0.4) is 0 Å². The second kappa shape index (κ2) is 9.63. The molecule has 0 fully saturated rings. The number of rotatable bonds is 8. The summed E-state index contributed by atoms with van der Waals surface area (Å²) in [4.78, 5) is 16.1. The molecule has 2 aromatic carbocycles. The second-order valence-corrected chi connectivity index (χ2v) is 9.34. The van der Waals surface area contributed by atoms with Crippen molar-refractivity contribution in [3.63, 3.8) is 0 Å². The van der Waals surface area contributed by atoms with E-state index in [1.54, 1.807) is 12.1 Å². The molecule has 0 amide bonds. The fourth-order valence-electron chi connectivity index (χ4n) is 3.24. The number of halogens is 1. The minimum atomic E-state index is -0.966. The fourth-order valence-corrected chi connectivity index (χ4v) is 4.39. The number of carbonyl (C=O) groups is 1. The standard InChI is InChI=1S/C23H21FN4O3S2/c1-12(2)9-18(22(29)30)26-21(32)19-11-17(28-31-19)13-3-6-15(7-4-13)25-23-27-16-8-5-14(24)10-20(16)33-23/h3-8,10-12,18H,9H2,1-2H3,(H,25,27)(H,26,32)(H,29,30)/t18-/m0/s1. The predicted octanol–water partition coefficient (Wildman–Crippen LogP) is 5.60. The third kappa shape index (κ3) is 5.52. The zero-order valence-electron chi connectivity index (χ0n) is 17.8. The highest BCUT2D eigenvalue weighted by atomic mass is 32.1. The van der Waals surface area contributed by atoms with E-state index in [4.69, 9.17) is 16.7 Å². The van der Waals surface area contributed by atoms with Crippen molar-refractivity contribution < 1.29 is 18.8 Å². The van der Waals surface area contributed by atoms with Crippen molar-refractivity contribution in [1.82, 2.24) is 15.5 Å². The zero-order valence-corrected chi connectivity index (χ0v) is 19.5. The van der Waals surface area contributed by atoms with Crippen LogP contribution in [0.1, 0.15) is 26.0 Å². The molecule has 0 spiro atoms. The summed E-state index contributed by atoms with van der Waals surface area (Å²) in [6.07, 6.45) is 0.439. The van der Waals surface area contributed by atoms with E-state index in [1.165, 1.54) is 23.5 Å². The molecule has 4 rings (SSSR count). The van der Waals surface area contributed by atoms with Crippen LogP contribution in [-0.2, 0) is 4.79 Å². The van der Waals surface area contributed by atoms with Gasteiger partial charge in [-0.2, -0.15) is 0 Å². The zero-order chi connectivity index (χ0) is 23.5. The first kappa shape index (κ1) is 22.8. The van der Waals surface area contributed by atoms with Gasteiger partial charge in [0.1, 0.15) is 22.5 Å². The number of nitrogens with one attached hydrogen (secondary N) is 2. The molecule has 2 aromatic heterocycles. The first-order valence-corrected chi connectivity index (χ1v) is 11.4. The molecule has 0 unspecified atom stereocenters. The Hall–Kier alpha value is -3.37. The van der Waals surface area contributed by atoms with Crippen molar-refractivity contribution in [3.05, 3.63) is 60.1 Å². The van der Waals surface area contributed by atoms with Crippen LogP contribution in [0.4, 0.5) is 15.2 Å². The number of thiazole rings is 1. The van der Waals surface area contributed by atoms with Crippen LogP contribution in [0.5, 0.6) is 0 Å². The molecule has 0 bridgehead atoms.